The van der Waals surface area contributed by atoms with Gasteiger partial charge in [-0.25, -0.2) is 9.37 Å². The zero-order valence-electron chi connectivity index (χ0n) is 15.4. The lowest BCUT2D eigenvalue weighted by Gasteiger charge is -2.12. The molecule has 0 spiro atoms. The van der Waals surface area contributed by atoms with Crippen molar-refractivity contribution in [1.82, 2.24) is 19.7 Å². The monoisotopic (exact) mass is 383 g/mol. The van der Waals surface area contributed by atoms with Crippen LogP contribution in [0.4, 0.5) is 10.2 Å². The van der Waals surface area contributed by atoms with E-state index in [1.54, 1.807) is 30.7 Å². The molecule has 2 N–H and O–H groups in total. The number of ether oxygens (including phenoxy) is 1. The first-order chi connectivity index (χ1) is 13.7. The van der Waals surface area contributed by atoms with Gasteiger partial charge in [0.2, 0.25) is 5.91 Å². The van der Waals surface area contributed by atoms with Gasteiger partial charge in [-0.15, -0.1) is 0 Å². The molecular formula is C20H22FN5O2. The van der Waals surface area contributed by atoms with Crippen molar-refractivity contribution in [3.63, 3.8) is 0 Å². The number of aromatic nitrogens is 3. The highest BCUT2D eigenvalue weighted by Crippen LogP contribution is 2.28. The zero-order chi connectivity index (χ0) is 19.3. The summed E-state index contributed by atoms with van der Waals surface area (Å²) < 4.78 is 20.7. The van der Waals surface area contributed by atoms with E-state index in [0.717, 1.165) is 30.8 Å². The highest BCUT2D eigenvalue weighted by molar-refractivity contribution is 5.78. The largest absolute Gasteiger partial charge is 0.376 e. The molecule has 0 radical (unpaired) electrons. The van der Waals surface area contributed by atoms with Gasteiger partial charge in [0, 0.05) is 44.1 Å². The van der Waals surface area contributed by atoms with Gasteiger partial charge in [0.15, 0.2) is 5.65 Å². The lowest BCUT2D eigenvalue weighted by atomic mass is 10.1. The summed E-state index contributed by atoms with van der Waals surface area (Å²) in [4.78, 5) is 20.8. The third-order valence-corrected chi connectivity index (χ3v) is 4.74. The van der Waals surface area contributed by atoms with E-state index in [1.165, 1.54) is 12.1 Å². The summed E-state index contributed by atoms with van der Waals surface area (Å²) in [5, 5.41) is 6.21. The molecule has 7 nitrogen and oxygen atoms in total. The zero-order valence-corrected chi connectivity index (χ0v) is 15.4. The summed E-state index contributed by atoms with van der Waals surface area (Å²) >= 11 is 0. The first-order valence-electron chi connectivity index (χ1n) is 9.41. The first kappa shape index (κ1) is 18.4. The minimum Gasteiger partial charge on any atom is -0.376 e. The van der Waals surface area contributed by atoms with Gasteiger partial charge >= 0.3 is 0 Å². The molecule has 1 atom stereocenters. The summed E-state index contributed by atoms with van der Waals surface area (Å²) in [5.41, 5.74) is 2.15. The Balaban J connectivity index is 1.44. The molecule has 146 valence electrons. The molecular weight excluding hydrogens is 361 g/mol. The number of hydrogen-bond donors (Lipinski definition) is 2. The molecule has 0 unspecified atom stereocenters. The van der Waals surface area contributed by atoms with Crippen LogP contribution in [0.15, 0.2) is 42.9 Å². The number of rotatable bonds is 7. The van der Waals surface area contributed by atoms with Gasteiger partial charge in [-0.1, -0.05) is 0 Å². The van der Waals surface area contributed by atoms with Crippen LogP contribution in [-0.4, -0.2) is 46.1 Å². The number of carbonyl (C=O) groups excluding carboxylic acids is 1. The Morgan fingerprint density at radius 2 is 2.18 bits per heavy atom. The molecule has 1 aromatic carbocycles. The van der Waals surface area contributed by atoms with Crippen LogP contribution in [0, 0.1) is 5.82 Å². The number of amides is 1. The first-order valence-corrected chi connectivity index (χ1v) is 9.41. The number of carbonyl (C=O) groups is 1. The van der Waals surface area contributed by atoms with E-state index in [0.29, 0.717) is 30.9 Å². The van der Waals surface area contributed by atoms with E-state index in [-0.39, 0.29) is 17.8 Å². The van der Waals surface area contributed by atoms with Crippen molar-refractivity contribution >= 4 is 17.4 Å². The number of nitrogens with one attached hydrogen (secondary N) is 2. The number of halogens is 1. The molecule has 28 heavy (non-hydrogen) atoms. The van der Waals surface area contributed by atoms with Gasteiger partial charge in [-0.05, 0) is 37.1 Å². The Morgan fingerprint density at radius 1 is 1.32 bits per heavy atom. The van der Waals surface area contributed by atoms with Crippen LogP contribution in [0.2, 0.25) is 0 Å². The lowest BCUT2D eigenvalue weighted by Crippen LogP contribution is -2.32. The van der Waals surface area contributed by atoms with Gasteiger partial charge < -0.3 is 15.4 Å². The Hall–Kier alpha value is -3.00. The summed E-state index contributed by atoms with van der Waals surface area (Å²) in [7, 11) is 0. The van der Waals surface area contributed by atoms with Crippen LogP contribution in [0.5, 0.6) is 0 Å². The predicted molar refractivity (Wildman–Crippen MR) is 103 cm³/mol. The van der Waals surface area contributed by atoms with Crippen LogP contribution in [0.1, 0.15) is 19.3 Å². The van der Waals surface area contributed by atoms with Crippen molar-refractivity contribution < 1.29 is 13.9 Å². The fraction of sp³-hybridized carbons (Fsp3) is 0.350. The summed E-state index contributed by atoms with van der Waals surface area (Å²) in [6, 6.07) is 6.17. The number of nitrogens with zero attached hydrogens (tertiary/aromatic N) is 3. The molecule has 0 bridgehead atoms. The SMILES string of the molecule is O=C(CCNc1c(-c2ccc(F)cc2)nc2cnccn12)NC[C@@H]1CCCO1. The predicted octanol–water partition coefficient (Wildman–Crippen LogP) is 2.63. The fourth-order valence-corrected chi connectivity index (χ4v) is 3.30. The van der Waals surface area contributed by atoms with Crippen LogP contribution >= 0.6 is 0 Å². The van der Waals surface area contributed by atoms with Crippen LogP contribution in [0.3, 0.4) is 0 Å². The molecule has 1 aliphatic heterocycles. The molecule has 8 heteroatoms. The molecule has 1 fully saturated rings. The Bertz CT molecular complexity index is 951. The van der Waals surface area contributed by atoms with Crippen molar-refractivity contribution in [2.24, 2.45) is 0 Å². The summed E-state index contributed by atoms with van der Waals surface area (Å²) in [5.74, 6) is 0.421. The number of benzene rings is 1. The number of anilines is 1. The summed E-state index contributed by atoms with van der Waals surface area (Å²) in [6.07, 6.45) is 7.64. The van der Waals surface area contributed by atoms with E-state index in [4.69, 9.17) is 4.74 Å². The number of imidazole rings is 1. The standard InChI is InChI=1S/C20H22FN5O2/c21-15-5-3-14(4-6-15)19-20(26-10-9-22-13-17(26)25-19)23-8-7-18(27)24-12-16-2-1-11-28-16/h3-6,9-10,13,16,23H,1-2,7-8,11-12H2,(H,24,27)/t16-/m0/s1. The maximum absolute atomic E-state index is 13.3. The second-order valence-electron chi connectivity index (χ2n) is 6.74. The van der Waals surface area contributed by atoms with Crippen molar-refractivity contribution in [3.8, 4) is 11.3 Å². The minimum absolute atomic E-state index is 0.0261. The average molecular weight is 383 g/mol. The van der Waals surface area contributed by atoms with Gasteiger partial charge in [-0.3, -0.25) is 14.2 Å². The Morgan fingerprint density at radius 3 is 2.96 bits per heavy atom. The molecule has 1 amide bonds. The second-order valence-corrected chi connectivity index (χ2v) is 6.74. The van der Waals surface area contributed by atoms with E-state index in [1.807, 2.05) is 4.40 Å². The Kier molecular flexibility index (Phi) is 5.48. The molecule has 4 rings (SSSR count). The van der Waals surface area contributed by atoms with Crippen molar-refractivity contribution in [2.75, 3.05) is 25.0 Å². The number of hydrogen-bond acceptors (Lipinski definition) is 5. The van der Waals surface area contributed by atoms with Crippen molar-refractivity contribution in [1.29, 1.82) is 0 Å². The fourth-order valence-electron chi connectivity index (χ4n) is 3.30. The third kappa shape index (κ3) is 4.12. The topological polar surface area (TPSA) is 80.6 Å². The summed E-state index contributed by atoms with van der Waals surface area (Å²) in [6.45, 7) is 1.78. The third-order valence-electron chi connectivity index (χ3n) is 4.74. The molecule has 0 aliphatic carbocycles. The highest BCUT2D eigenvalue weighted by Gasteiger charge is 2.17. The molecule has 2 aromatic heterocycles. The second kappa shape index (κ2) is 8.35. The molecule has 1 saturated heterocycles. The van der Waals surface area contributed by atoms with Crippen molar-refractivity contribution in [3.05, 3.63) is 48.7 Å². The smallest absolute Gasteiger partial charge is 0.221 e. The van der Waals surface area contributed by atoms with E-state index in [2.05, 4.69) is 20.6 Å². The Labute approximate surface area is 161 Å². The van der Waals surface area contributed by atoms with Crippen LogP contribution < -0.4 is 10.6 Å². The molecule has 3 heterocycles. The normalized spacial score (nSPS) is 16.4. The van der Waals surface area contributed by atoms with Gasteiger partial charge in [0.05, 0.1) is 12.3 Å². The quantitative estimate of drug-likeness (QED) is 0.656. The highest BCUT2D eigenvalue weighted by atomic mass is 19.1. The van der Waals surface area contributed by atoms with Crippen LogP contribution in [0.25, 0.3) is 16.9 Å². The average Bonchev–Trinajstić information content (AvgIpc) is 3.35. The van der Waals surface area contributed by atoms with Gasteiger partial charge in [0.1, 0.15) is 17.3 Å². The molecule has 1 aliphatic rings. The van der Waals surface area contributed by atoms with E-state index < -0.39 is 0 Å². The van der Waals surface area contributed by atoms with Crippen molar-refractivity contribution in [2.45, 2.75) is 25.4 Å². The lowest BCUT2D eigenvalue weighted by molar-refractivity contribution is -0.121. The van der Waals surface area contributed by atoms with Crippen LogP contribution in [-0.2, 0) is 9.53 Å². The van der Waals surface area contributed by atoms with E-state index >= 15 is 0 Å². The van der Waals surface area contributed by atoms with Gasteiger partial charge in [-0.2, -0.15) is 0 Å². The van der Waals surface area contributed by atoms with Gasteiger partial charge in [0.25, 0.3) is 0 Å². The maximum Gasteiger partial charge on any atom is 0.221 e. The maximum atomic E-state index is 13.3. The number of fused-ring (bicyclic) bond motifs is 1. The molecule has 0 saturated carbocycles. The molecule has 3 aromatic rings. The minimum atomic E-state index is -0.299. The van der Waals surface area contributed by atoms with E-state index in [9.17, 15) is 9.18 Å².